The number of allylic oxidation sites excluding steroid dienone is 1. The van der Waals surface area contributed by atoms with Gasteiger partial charge in [-0.15, -0.1) is 0 Å². The van der Waals surface area contributed by atoms with Crippen molar-refractivity contribution in [1.82, 2.24) is 0 Å². The van der Waals surface area contributed by atoms with Crippen molar-refractivity contribution < 1.29 is 0 Å². The van der Waals surface area contributed by atoms with Crippen molar-refractivity contribution in [2.24, 2.45) is 5.73 Å². The summed E-state index contributed by atoms with van der Waals surface area (Å²) in [5, 5.41) is 15.2. The van der Waals surface area contributed by atoms with Crippen LogP contribution in [0.15, 0.2) is 5.57 Å². The minimum atomic E-state index is 0.447. The highest BCUT2D eigenvalue weighted by Gasteiger charge is 1.94. The smallest absolute Gasteiger partial charge is 0.105 e. The Hall–Kier alpha value is -1.10. The molecule has 0 amide bonds. The fourth-order valence-corrected chi connectivity index (χ4v) is 0.946. The van der Waals surface area contributed by atoms with Crippen LogP contribution in [0, 0.1) is 16.7 Å². The lowest BCUT2D eigenvalue weighted by atomic mass is 10.1. The molecular weight excluding hydrogens is 150 g/mol. The highest BCUT2D eigenvalue weighted by atomic mass is 14.5. The monoisotopic (exact) mass is 165 g/mol. The molecule has 3 nitrogen and oxygen atoms in total. The third kappa shape index (κ3) is 5.67. The average Bonchev–Trinajstić information content (AvgIpc) is 2.11. The second-order valence-corrected chi connectivity index (χ2v) is 2.67. The Morgan fingerprint density at radius 2 is 1.92 bits per heavy atom. The van der Waals surface area contributed by atoms with E-state index in [9.17, 15) is 0 Å². The average molecular weight is 165 g/mol. The summed E-state index contributed by atoms with van der Waals surface area (Å²) in [7, 11) is 0. The lowest BCUT2D eigenvalue weighted by Crippen LogP contribution is -1.97. The molecule has 0 bridgehead atoms. The van der Waals surface area contributed by atoms with E-state index < -0.39 is 0 Å². The van der Waals surface area contributed by atoms with Crippen LogP contribution < -0.4 is 5.73 Å². The van der Waals surface area contributed by atoms with Crippen molar-refractivity contribution in [3.63, 3.8) is 0 Å². The summed E-state index contributed by atoms with van der Waals surface area (Å²) in [5.41, 5.74) is 5.77. The van der Waals surface area contributed by atoms with Crippen molar-refractivity contribution in [1.29, 1.82) is 10.7 Å². The number of unbranched alkanes of at least 4 members (excludes halogenated alkanes) is 3. The number of nitrogens with one attached hydrogen (secondary N) is 1. The summed E-state index contributed by atoms with van der Waals surface area (Å²) in [6, 6.07) is 1.94. The van der Waals surface area contributed by atoms with Gasteiger partial charge in [0.1, 0.15) is 6.07 Å². The van der Waals surface area contributed by atoms with Gasteiger partial charge in [0.15, 0.2) is 0 Å². The van der Waals surface area contributed by atoms with Gasteiger partial charge in [-0.3, -0.25) is 5.41 Å². The Kier molecular flexibility index (Phi) is 7.27. The standard InChI is InChI=1S/C9H15N3/c10-6-4-2-1-3-5-9(7-11)8-12/h11H,1-6,10H2. The summed E-state index contributed by atoms with van der Waals surface area (Å²) < 4.78 is 0. The van der Waals surface area contributed by atoms with Crippen LogP contribution >= 0.6 is 0 Å². The van der Waals surface area contributed by atoms with E-state index in [-0.39, 0.29) is 0 Å². The van der Waals surface area contributed by atoms with Crippen molar-refractivity contribution in [3.8, 4) is 6.07 Å². The van der Waals surface area contributed by atoms with Gasteiger partial charge in [0.2, 0.25) is 0 Å². The normalized spacial score (nSPS) is 8.67. The lowest BCUT2D eigenvalue weighted by Gasteiger charge is -1.96. The van der Waals surface area contributed by atoms with Gasteiger partial charge >= 0.3 is 0 Å². The molecule has 0 aliphatic rings. The van der Waals surface area contributed by atoms with E-state index in [2.05, 4.69) is 5.87 Å². The van der Waals surface area contributed by atoms with Crippen LogP contribution in [0.1, 0.15) is 32.1 Å². The molecule has 0 aromatic carbocycles. The predicted octanol–water partition coefficient (Wildman–Crippen LogP) is 1.59. The maximum atomic E-state index is 8.44. The molecule has 3 heteroatoms. The first-order chi connectivity index (χ1) is 5.85. The lowest BCUT2D eigenvalue weighted by molar-refractivity contribution is 0.649. The molecule has 0 aromatic heterocycles. The van der Waals surface area contributed by atoms with E-state index in [0.717, 1.165) is 32.2 Å². The first kappa shape index (κ1) is 10.9. The molecule has 0 radical (unpaired) electrons. The molecule has 66 valence electrons. The minimum absolute atomic E-state index is 0.447. The van der Waals surface area contributed by atoms with Gasteiger partial charge in [0, 0.05) is 0 Å². The van der Waals surface area contributed by atoms with E-state index >= 15 is 0 Å². The zero-order valence-corrected chi connectivity index (χ0v) is 7.27. The Labute approximate surface area is 73.4 Å². The van der Waals surface area contributed by atoms with Gasteiger partial charge in [-0.2, -0.15) is 5.26 Å². The molecule has 0 fully saturated rings. The molecule has 0 aromatic rings. The van der Waals surface area contributed by atoms with Crippen molar-refractivity contribution in [3.05, 3.63) is 5.57 Å². The molecule has 0 rings (SSSR count). The van der Waals surface area contributed by atoms with Crippen LogP contribution in [0.5, 0.6) is 0 Å². The third-order valence-electron chi connectivity index (χ3n) is 1.67. The van der Waals surface area contributed by atoms with E-state index in [4.69, 9.17) is 16.4 Å². The van der Waals surface area contributed by atoms with Crippen molar-refractivity contribution >= 4 is 5.87 Å². The molecule has 0 unspecified atom stereocenters. The van der Waals surface area contributed by atoms with Gasteiger partial charge in [0.25, 0.3) is 0 Å². The summed E-state index contributed by atoms with van der Waals surface area (Å²) in [6.45, 7) is 0.742. The Morgan fingerprint density at radius 3 is 2.42 bits per heavy atom. The third-order valence-corrected chi connectivity index (χ3v) is 1.67. The number of hydrogen-bond donors (Lipinski definition) is 2. The molecule has 0 aliphatic carbocycles. The number of hydrogen-bond acceptors (Lipinski definition) is 3. The highest BCUT2D eigenvalue weighted by molar-refractivity contribution is 5.60. The quantitative estimate of drug-likeness (QED) is 0.356. The van der Waals surface area contributed by atoms with Crippen molar-refractivity contribution in [2.75, 3.05) is 6.54 Å². The van der Waals surface area contributed by atoms with Gasteiger partial charge in [0.05, 0.1) is 5.57 Å². The summed E-state index contributed by atoms with van der Waals surface area (Å²) >= 11 is 0. The van der Waals surface area contributed by atoms with Crippen LogP contribution in [0.3, 0.4) is 0 Å². The maximum absolute atomic E-state index is 8.44. The van der Waals surface area contributed by atoms with E-state index in [0.29, 0.717) is 12.0 Å². The summed E-state index contributed by atoms with van der Waals surface area (Å²) in [6.07, 6.45) is 4.91. The molecule has 0 saturated heterocycles. The van der Waals surface area contributed by atoms with Crippen LogP contribution in [-0.4, -0.2) is 12.4 Å². The SMILES string of the molecule is N#CC(=C=N)CCCCCCN. The van der Waals surface area contributed by atoms with E-state index in [1.54, 1.807) is 0 Å². The van der Waals surface area contributed by atoms with Crippen LogP contribution in [0.25, 0.3) is 0 Å². The molecule has 0 spiro atoms. The summed E-state index contributed by atoms with van der Waals surface area (Å²) in [4.78, 5) is 0. The molecule has 0 atom stereocenters. The second kappa shape index (κ2) is 8.00. The molecule has 0 aliphatic heterocycles. The number of nitriles is 1. The molecule has 0 heterocycles. The van der Waals surface area contributed by atoms with Gasteiger partial charge in [-0.1, -0.05) is 12.8 Å². The van der Waals surface area contributed by atoms with E-state index in [1.165, 1.54) is 0 Å². The minimum Gasteiger partial charge on any atom is -0.330 e. The van der Waals surface area contributed by atoms with Crippen molar-refractivity contribution in [2.45, 2.75) is 32.1 Å². The fraction of sp³-hybridized carbons (Fsp3) is 0.667. The number of nitrogens with two attached hydrogens (primary N) is 1. The molecule has 3 N–H and O–H groups in total. The predicted molar refractivity (Wildman–Crippen MR) is 49.0 cm³/mol. The van der Waals surface area contributed by atoms with Crippen LogP contribution in [-0.2, 0) is 0 Å². The Bertz CT molecular complexity index is 196. The topological polar surface area (TPSA) is 73.7 Å². The van der Waals surface area contributed by atoms with E-state index in [1.807, 2.05) is 6.07 Å². The largest absolute Gasteiger partial charge is 0.330 e. The van der Waals surface area contributed by atoms with Crippen LogP contribution in [0.2, 0.25) is 0 Å². The first-order valence-electron chi connectivity index (χ1n) is 4.24. The van der Waals surface area contributed by atoms with Crippen LogP contribution in [0.4, 0.5) is 0 Å². The zero-order valence-electron chi connectivity index (χ0n) is 7.27. The van der Waals surface area contributed by atoms with Gasteiger partial charge in [-0.05, 0) is 31.7 Å². The number of nitrogens with zero attached hydrogens (tertiary/aromatic N) is 1. The molecule has 12 heavy (non-hydrogen) atoms. The maximum Gasteiger partial charge on any atom is 0.105 e. The Morgan fingerprint density at radius 1 is 1.25 bits per heavy atom. The van der Waals surface area contributed by atoms with Gasteiger partial charge < -0.3 is 5.73 Å². The highest BCUT2D eigenvalue weighted by Crippen LogP contribution is 2.06. The molecular formula is C9H15N3. The zero-order chi connectivity index (χ0) is 9.23. The fourth-order valence-electron chi connectivity index (χ4n) is 0.946. The number of rotatable bonds is 6. The second-order valence-electron chi connectivity index (χ2n) is 2.67. The summed E-state index contributed by atoms with van der Waals surface area (Å²) in [5.74, 6) is 2.12. The first-order valence-corrected chi connectivity index (χ1v) is 4.24. The Balaban J connectivity index is 3.32. The molecule has 0 saturated carbocycles. The van der Waals surface area contributed by atoms with Gasteiger partial charge in [-0.25, -0.2) is 0 Å².